The first kappa shape index (κ1) is 19.3. The van der Waals surface area contributed by atoms with Crippen molar-refractivity contribution in [3.05, 3.63) is 97.1 Å². The molecule has 2 heterocycles. The highest BCUT2D eigenvalue weighted by molar-refractivity contribution is 5.98. The second-order valence-corrected chi connectivity index (χ2v) is 9.43. The number of anilines is 6. The minimum Gasteiger partial charge on any atom is -0.355 e. The van der Waals surface area contributed by atoms with Gasteiger partial charge in [-0.05, 0) is 64.0 Å². The van der Waals surface area contributed by atoms with Gasteiger partial charge in [-0.15, -0.1) is 0 Å². The zero-order chi connectivity index (χ0) is 22.8. The van der Waals surface area contributed by atoms with E-state index in [9.17, 15) is 0 Å². The van der Waals surface area contributed by atoms with Crippen molar-refractivity contribution in [3.63, 3.8) is 0 Å². The van der Waals surface area contributed by atoms with Crippen molar-refractivity contribution in [2.75, 3.05) is 47.0 Å². The summed E-state index contributed by atoms with van der Waals surface area (Å²) >= 11 is 0. The molecule has 0 saturated carbocycles. The highest BCUT2D eigenvalue weighted by atomic mass is 15.4. The van der Waals surface area contributed by atoms with Crippen LogP contribution in [0.2, 0.25) is 0 Å². The van der Waals surface area contributed by atoms with Gasteiger partial charge in [0.05, 0.1) is 36.1 Å². The number of nitrogens with zero attached hydrogens (tertiary/aromatic N) is 4. The Kier molecular flexibility index (Phi) is 4.06. The van der Waals surface area contributed by atoms with Gasteiger partial charge in [0, 0.05) is 25.5 Å². The van der Waals surface area contributed by atoms with Crippen molar-refractivity contribution in [2.24, 2.45) is 0 Å². The fourth-order valence-electron chi connectivity index (χ4n) is 5.48. The summed E-state index contributed by atoms with van der Waals surface area (Å²) in [6, 6.07) is 35.5. The molecule has 0 unspecified atom stereocenters. The van der Waals surface area contributed by atoms with Gasteiger partial charge in [0.2, 0.25) is 0 Å². The maximum atomic E-state index is 2.42. The van der Waals surface area contributed by atoms with Gasteiger partial charge in [0.1, 0.15) is 0 Å². The van der Waals surface area contributed by atoms with E-state index < -0.39 is 0 Å². The minimum absolute atomic E-state index is 0.843. The van der Waals surface area contributed by atoms with Crippen LogP contribution in [0.3, 0.4) is 0 Å². The van der Waals surface area contributed by atoms with Crippen molar-refractivity contribution >= 4 is 55.7 Å². The molecule has 4 heteroatoms. The quantitative estimate of drug-likeness (QED) is 0.289. The molecule has 0 aliphatic carbocycles. The summed E-state index contributed by atoms with van der Waals surface area (Å²) < 4.78 is 0. The van der Waals surface area contributed by atoms with E-state index in [1.165, 1.54) is 55.7 Å². The van der Waals surface area contributed by atoms with Crippen LogP contribution in [0, 0.1) is 0 Å². The molecule has 2 aliphatic heterocycles. The summed E-state index contributed by atoms with van der Waals surface area (Å²) in [6.07, 6.45) is 0. The second-order valence-electron chi connectivity index (χ2n) is 9.43. The molecule has 0 radical (unpaired) electrons. The van der Waals surface area contributed by atoms with E-state index in [2.05, 4.69) is 131 Å². The van der Waals surface area contributed by atoms with Crippen LogP contribution >= 0.6 is 0 Å². The van der Waals surface area contributed by atoms with Crippen molar-refractivity contribution in [1.29, 1.82) is 0 Å². The lowest BCUT2D eigenvalue weighted by molar-refractivity contribution is 0.940. The fraction of sp³-hybridized carbons (Fsp3) is 0.133. The average molecular weight is 443 g/mol. The maximum Gasteiger partial charge on any atom is 0.0950 e. The third-order valence-corrected chi connectivity index (χ3v) is 7.25. The lowest BCUT2D eigenvalue weighted by Gasteiger charge is -2.24. The van der Waals surface area contributed by atoms with E-state index >= 15 is 0 Å². The van der Waals surface area contributed by atoms with Gasteiger partial charge in [-0.3, -0.25) is 0 Å². The third kappa shape index (κ3) is 2.85. The van der Waals surface area contributed by atoms with Crippen LogP contribution in [-0.2, 0) is 0 Å². The van der Waals surface area contributed by atoms with Crippen molar-refractivity contribution in [1.82, 2.24) is 0 Å². The molecule has 7 rings (SSSR count). The van der Waals surface area contributed by atoms with Gasteiger partial charge < -0.3 is 19.6 Å². The van der Waals surface area contributed by atoms with Gasteiger partial charge >= 0.3 is 0 Å². The minimum atomic E-state index is 0.843. The molecule has 5 aromatic rings. The summed E-state index contributed by atoms with van der Waals surface area (Å²) in [5.74, 6) is 0. The molecular weight excluding hydrogens is 416 g/mol. The predicted octanol–water partition coefficient (Wildman–Crippen LogP) is 7.08. The number of fused-ring (bicyclic) bond motifs is 4. The molecule has 166 valence electrons. The normalized spacial score (nSPS) is 14.9. The second kappa shape index (κ2) is 7.16. The van der Waals surface area contributed by atoms with Crippen molar-refractivity contribution in [2.45, 2.75) is 0 Å². The number of rotatable bonds is 2. The Morgan fingerprint density at radius 3 is 1.24 bits per heavy atom. The van der Waals surface area contributed by atoms with Crippen molar-refractivity contribution in [3.8, 4) is 0 Å². The van der Waals surface area contributed by atoms with E-state index in [4.69, 9.17) is 0 Å². The third-order valence-electron chi connectivity index (χ3n) is 7.25. The van der Waals surface area contributed by atoms with E-state index in [1.54, 1.807) is 0 Å². The molecule has 0 aromatic heterocycles. The molecule has 2 aliphatic rings. The molecule has 0 saturated heterocycles. The average Bonchev–Trinajstić information content (AvgIpc) is 3.37. The molecule has 0 N–H and O–H groups in total. The van der Waals surface area contributed by atoms with Crippen molar-refractivity contribution < 1.29 is 0 Å². The molecule has 0 bridgehead atoms. The van der Waals surface area contributed by atoms with Crippen LogP contribution in [-0.4, -0.2) is 27.4 Å². The Hall–Kier alpha value is -4.18. The highest BCUT2D eigenvalue weighted by Crippen LogP contribution is 2.45. The smallest absolute Gasteiger partial charge is 0.0950 e. The summed E-state index contributed by atoms with van der Waals surface area (Å²) in [5.41, 5.74) is 7.53. The lowest BCUT2D eigenvalue weighted by atomic mass is 10.1. The Balaban J connectivity index is 1.31. The Morgan fingerprint density at radius 2 is 0.824 bits per heavy atom. The van der Waals surface area contributed by atoms with Gasteiger partial charge in [-0.2, -0.15) is 0 Å². The monoisotopic (exact) mass is 442 g/mol. The molecule has 0 amide bonds. The predicted molar refractivity (Wildman–Crippen MR) is 145 cm³/mol. The maximum absolute atomic E-state index is 2.42. The first-order chi connectivity index (χ1) is 16.7. The molecule has 4 nitrogen and oxygen atoms in total. The Morgan fingerprint density at radius 1 is 0.441 bits per heavy atom. The summed E-state index contributed by atoms with van der Waals surface area (Å²) in [4.78, 5) is 9.51. The molecule has 34 heavy (non-hydrogen) atoms. The molecule has 0 spiro atoms. The zero-order valence-corrected chi connectivity index (χ0v) is 19.4. The van der Waals surface area contributed by atoms with Gasteiger partial charge in [0.25, 0.3) is 0 Å². The highest BCUT2D eigenvalue weighted by Gasteiger charge is 2.28. The largest absolute Gasteiger partial charge is 0.355 e. The van der Waals surface area contributed by atoms with E-state index in [-0.39, 0.29) is 0 Å². The van der Waals surface area contributed by atoms with Gasteiger partial charge in [-0.25, -0.2) is 0 Å². The zero-order valence-electron chi connectivity index (χ0n) is 19.4. The first-order valence-electron chi connectivity index (χ1n) is 11.8. The molecule has 5 aromatic carbocycles. The van der Waals surface area contributed by atoms with Crippen LogP contribution < -0.4 is 19.6 Å². The first-order valence-corrected chi connectivity index (χ1v) is 11.8. The summed E-state index contributed by atoms with van der Waals surface area (Å²) in [6.45, 7) is 1.69. The standard InChI is InChI=1S/C30H26N4/c1-31-19-33(29-16-23-10-5-3-8-21(23)14-27(29)31)25-12-7-13-26(18-25)34-20-32(2)28-15-22-9-4-6-11-24(22)17-30(28)34/h3-18H,19-20H2,1-2H3. The molecule has 0 atom stereocenters. The van der Waals surface area contributed by atoms with E-state index in [0.29, 0.717) is 0 Å². The van der Waals surface area contributed by atoms with E-state index in [1.807, 2.05) is 0 Å². The number of hydrogen-bond acceptors (Lipinski definition) is 4. The molecule has 0 fully saturated rings. The van der Waals surface area contributed by atoms with E-state index in [0.717, 1.165) is 13.3 Å². The SMILES string of the molecule is CN1CN(c2cccc(N3CN(C)c4cc5ccccc5cc43)c2)c2cc3ccccc3cc21. The topological polar surface area (TPSA) is 13.0 Å². The van der Waals surface area contributed by atoms with Crippen LogP contribution in [0.4, 0.5) is 34.1 Å². The van der Waals surface area contributed by atoms with Crippen LogP contribution in [0.15, 0.2) is 97.1 Å². The Labute approximate surface area is 199 Å². The summed E-state index contributed by atoms with van der Waals surface area (Å²) in [5, 5.41) is 5.12. The van der Waals surface area contributed by atoms with Gasteiger partial charge in [-0.1, -0.05) is 54.6 Å². The number of hydrogen-bond donors (Lipinski definition) is 0. The summed E-state index contributed by atoms with van der Waals surface area (Å²) in [7, 11) is 4.35. The van der Waals surface area contributed by atoms with Crippen LogP contribution in [0.25, 0.3) is 21.5 Å². The van der Waals surface area contributed by atoms with Crippen LogP contribution in [0.1, 0.15) is 0 Å². The van der Waals surface area contributed by atoms with Gasteiger partial charge in [0.15, 0.2) is 0 Å². The fourth-order valence-corrected chi connectivity index (χ4v) is 5.48. The Bertz CT molecular complexity index is 1460. The number of benzene rings is 5. The molecular formula is C30H26N4. The van der Waals surface area contributed by atoms with Crippen LogP contribution in [0.5, 0.6) is 0 Å². The lowest BCUT2D eigenvalue weighted by Crippen LogP contribution is -2.25.